The number of ketones is 2. The average Bonchev–Trinajstić information content (AvgIpc) is 4.12. The Morgan fingerprint density at radius 1 is 0.621 bits per heavy atom. The molecule has 0 saturated heterocycles. The molecule has 2 aliphatic rings. The van der Waals surface area contributed by atoms with Gasteiger partial charge in [0.05, 0.1) is 22.1 Å². The predicted molar refractivity (Wildman–Crippen MR) is 221 cm³/mol. The van der Waals surface area contributed by atoms with Crippen molar-refractivity contribution in [2.75, 3.05) is 0 Å². The summed E-state index contributed by atoms with van der Waals surface area (Å²) in [6.45, 7) is 0.977. The third-order valence-corrected chi connectivity index (χ3v) is 12.2. The summed E-state index contributed by atoms with van der Waals surface area (Å²) in [5.74, 6) is -3.22. The highest BCUT2D eigenvalue weighted by atomic mass is 19.4. The fourth-order valence-electron chi connectivity index (χ4n) is 7.95. The summed E-state index contributed by atoms with van der Waals surface area (Å²) in [7, 11) is 0. The van der Waals surface area contributed by atoms with Crippen LogP contribution in [0, 0.1) is 11.8 Å². The Hall–Kier alpha value is -6.56. The molecule has 66 heavy (non-hydrogen) atoms. The molecule has 6 aromatic heterocycles. The van der Waals surface area contributed by atoms with Gasteiger partial charge in [0.1, 0.15) is 12.7 Å². The SMILES string of the molecule is C[C@@](O)(C(=O)CC1CCC(NC(=O)c2nc(-n3ccnc3)nc3cc[nH]c23)CC1)C(F)(F)F.C[C@](O)(C(=O)CC1CCC(NC(=O)c2nc(-n3ccnc3)nc3cc[nH]c23)CC1)C(F)(F)F. The molecule has 0 spiro atoms. The molecule has 2 fully saturated rings. The van der Waals surface area contributed by atoms with Crippen LogP contribution in [0.15, 0.2) is 62.0 Å². The number of nitrogens with one attached hydrogen (secondary N) is 4. The van der Waals surface area contributed by atoms with Gasteiger partial charge in [0.2, 0.25) is 23.1 Å². The fourth-order valence-corrected chi connectivity index (χ4v) is 7.95. The Labute approximate surface area is 371 Å². The number of halogens is 6. The number of rotatable bonds is 12. The molecule has 352 valence electrons. The van der Waals surface area contributed by atoms with Crippen molar-refractivity contribution in [1.82, 2.24) is 59.6 Å². The predicted octanol–water partition coefficient (Wildman–Crippen LogP) is 5.41. The van der Waals surface area contributed by atoms with Crippen LogP contribution >= 0.6 is 0 Å². The highest BCUT2D eigenvalue weighted by molar-refractivity contribution is 6.04. The molecule has 24 heteroatoms. The van der Waals surface area contributed by atoms with E-state index in [2.05, 4.69) is 50.5 Å². The minimum atomic E-state index is -5.01. The van der Waals surface area contributed by atoms with Crippen LogP contribution in [-0.2, 0) is 9.59 Å². The molecule has 6 heterocycles. The molecule has 0 bridgehead atoms. The van der Waals surface area contributed by atoms with Crippen LogP contribution in [0.3, 0.4) is 0 Å². The number of hydrogen-bond acceptors (Lipinski definition) is 12. The number of carbonyl (C=O) groups is 4. The van der Waals surface area contributed by atoms with Crippen molar-refractivity contribution in [1.29, 1.82) is 0 Å². The Balaban J connectivity index is 0.000000196. The monoisotopic (exact) mass is 928 g/mol. The van der Waals surface area contributed by atoms with E-state index in [1.165, 1.54) is 12.7 Å². The quantitative estimate of drug-likeness (QED) is 0.0844. The maximum absolute atomic E-state index is 13.0. The van der Waals surface area contributed by atoms with Crippen molar-refractivity contribution in [2.24, 2.45) is 11.8 Å². The lowest BCUT2D eigenvalue weighted by Gasteiger charge is -2.31. The lowest BCUT2D eigenvalue weighted by atomic mass is 9.80. The van der Waals surface area contributed by atoms with E-state index >= 15 is 0 Å². The third-order valence-electron chi connectivity index (χ3n) is 12.2. The Morgan fingerprint density at radius 2 is 0.985 bits per heavy atom. The Bertz CT molecular complexity index is 2480. The first-order chi connectivity index (χ1) is 31.1. The van der Waals surface area contributed by atoms with Gasteiger partial charge in [-0.1, -0.05) is 0 Å². The largest absolute Gasteiger partial charge is 0.424 e. The number of amides is 2. The number of nitrogens with zero attached hydrogens (tertiary/aromatic N) is 8. The molecule has 6 N–H and O–H groups in total. The summed E-state index contributed by atoms with van der Waals surface area (Å²) in [5.41, 5.74) is -4.23. The van der Waals surface area contributed by atoms with Crippen molar-refractivity contribution in [3.05, 3.63) is 73.4 Å². The number of H-pyrrole nitrogens is 2. The highest BCUT2D eigenvalue weighted by Gasteiger charge is 2.56. The molecule has 2 saturated carbocycles. The molecule has 8 rings (SSSR count). The molecule has 18 nitrogen and oxygen atoms in total. The van der Waals surface area contributed by atoms with Gasteiger partial charge >= 0.3 is 12.4 Å². The van der Waals surface area contributed by atoms with Crippen molar-refractivity contribution in [2.45, 2.75) is 114 Å². The van der Waals surface area contributed by atoms with E-state index in [-0.39, 0.29) is 48.1 Å². The summed E-state index contributed by atoms with van der Waals surface area (Å²) < 4.78 is 80.4. The number of imidazole rings is 2. The zero-order valence-electron chi connectivity index (χ0n) is 35.5. The van der Waals surface area contributed by atoms with Crippen LogP contribution in [0.4, 0.5) is 26.3 Å². The van der Waals surface area contributed by atoms with E-state index in [1.807, 2.05) is 0 Å². The number of Topliss-reactive ketones (excluding diaryl/α,β-unsaturated/α-hetero) is 2. The zero-order valence-corrected chi connectivity index (χ0v) is 35.5. The molecule has 0 aliphatic heterocycles. The number of hydrogen-bond donors (Lipinski definition) is 6. The van der Waals surface area contributed by atoms with Gasteiger partial charge in [0.25, 0.3) is 11.8 Å². The maximum atomic E-state index is 13.0. The molecule has 2 atom stereocenters. The van der Waals surface area contributed by atoms with Gasteiger partial charge in [-0.25, -0.2) is 29.9 Å². The van der Waals surface area contributed by atoms with Crippen molar-refractivity contribution >= 4 is 45.4 Å². The first-order valence-electron chi connectivity index (χ1n) is 21.1. The van der Waals surface area contributed by atoms with Gasteiger partial charge in [-0.3, -0.25) is 28.3 Å². The second kappa shape index (κ2) is 18.7. The first kappa shape index (κ1) is 47.4. The molecule has 6 aromatic rings. The minimum absolute atomic E-state index is 0.173. The summed E-state index contributed by atoms with van der Waals surface area (Å²) in [5, 5.41) is 25.0. The number of aromatic amines is 2. The van der Waals surface area contributed by atoms with Crippen LogP contribution in [0.25, 0.3) is 34.0 Å². The van der Waals surface area contributed by atoms with Crippen LogP contribution in [-0.4, -0.2) is 118 Å². The van der Waals surface area contributed by atoms with Gasteiger partial charge in [-0.2, -0.15) is 26.3 Å². The van der Waals surface area contributed by atoms with Crippen LogP contribution < -0.4 is 10.6 Å². The molecular weight excluding hydrogens is 883 g/mol. The fraction of sp³-hybridized carbons (Fsp3) is 0.476. The van der Waals surface area contributed by atoms with Gasteiger partial charge in [-0.15, -0.1) is 0 Å². The van der Waals surface area contributed by atoms with Crippen molar-refractivity contribution in [3.8, 4) is 11.9 Å². The van der Waals surface area contributed by atoms with Crippen LogP contribution in [0.2, 0.25) is 0 Å². The van der Waals surface area contributed by atoms with Gasteiger partial charge in [-0.05, 0) is 89.2 Å². The normalized spacial score (nSPS) is 21.0. The van der Waals surface area contributed by atoms with Crippen molar-refractivity contribution in [3.63, 3.8) is 0 Å². The van der Waals surface area contributed by atoms with Gasteiger partial charge < -0.3 is 30.8 Å². The smallest absolute Gasteiger partial charge is 0.374 e. The summed E-state index contributed by atoms with van der Waals surface area (Å²) in [6.07, 6.45) is 5.99. The van der Waals surface area contributed by atoms with Crippen molar-refractivity contribution < 1.29 is 55.7 Å². The van der Waals surface area contributed by atoms with E-state index in [0.717, 1.165) is 0 Å². The number of fused-ring (bicyclic) bond motifs is 2. The van der Waals surface area contributed by atoms with Crippen LogP contribution in [0.1, 0.15) is 99.0 Å². The van der Waals surface area contributed by atoms with Crippen LogP contribution in [0.5, 0.6) is 0 Å². The van der Waals surface area contributed by atoms with E-state index in [9.17, 15) is 55.7 Å². The number of aromatic nitrogens is 10. The lowest BCUT2D eigenvalue weighted by molar-refractivity contribution is -0.245. The Morgan fingerprint density at radius 3 is 1.30 bits per heavy atom. The first-order valence-corrected chi connectivity index (χ1v) is 21.1. The molecule has 0 aromatic carbocycles. The Kier molecular flexibility index (Phi) is 13.5. The maximum Gasteiger partial charge on any atom is 0.424 e. The molecule has 0 radical (unpaired) electrons. The van der Waals surface area contributed by atoms with Gasteiger partial charge in [0.15, 0.2) is 23.0 Å². The molecule has 0 unspecified atom stereocenters. The summed E-state index contributed by atoms with van der Waals surface area (Å²) >= 11 is 0. The zero-order chi connectivity index (χ0) is 47.6. The number of aliphatic hydroxyl groups is 2. The number of alkyl halides is 6. The average molecular weight is 929 g/mol. The van der Waals surface area contributed by atoms with E-state index in [4.69, 9.17) is 0 Å². The second-order valence-electron chi connectivity index (χ2n) is 16.9. The highest BCUT2D eigenvalue weighted by Crippen LogP contribution is 2.37. The summed E-state index contributed by atoms with van der Waals surface area (Å²) in [4.78, 5) is 81.4. The van der Waals surface area contributed by atoms with E-state index in [0.29, 0.717) is 99.2 Å². The topological polar surface area (TPSA) is 252 Å². The lowest BCUT2D eigenvalue weighted by Crippen LogP contribution is -2.50. The number of carbonyl (C=O) groups excluding carboxylic acids is 4. The third kappa shape index (κ3) is 10.3. The van der Waals surface area contributed by atoms with E-state index < -0.39 is 46.9 Å². The van der Waals surface area contributed by atoms with Gasteiger partial charge in [0, 0.05) is 62.1 Å². The standard InChI is InChI=1S/2C21H23F3N6O3/c2*1-20(33,21(22,23)24)15(31)10-12-2-4-13(5-3-12)27-18(32)17-16-14(6-7-26-16)28-19(29-17)30-9-8-25-11-30/h2*6-9,11-13,26,33H,2-5,10H2,1H3,(H,27,32)/t2*12?,13?,20-/m10/s1. The molecule has 2 aliphatic carbocycles. The molecular formula is C42H46F6N12O6. The minimum Gasteiger partial charge on any atom is -0.374 e. The summed E-state index contributed by atoms with van der Waals surface area (Å²) in [6, 6.07) is 3.05. The van der Waals surface area contributed by atoms with E-state index in [1.54, 1.807) is 58.4 Å². The second-order valence-corrected chi connectivity index (χ2v) is 16.9. The molecule has 2 amide bonds.